The average molecular weight is 467 g/mol. The molecule has 0 fully saturated rings. The second-order valence-corrected chi connectivity index (χ2v) is 8.53. The minimum absolute atomic E-state index is 0.144. The Labute approximate surface area is 197 Å². The second-order valence-electron chi connectivity index (χ2n) is 7.66. The van der Waals surface area contributed by atoms with Crippen LogP contribution in [0.3, 0.4) is 0 Å². The normalized spacial score (nSPS) is 11.6. The topological polar surface area (TPSA) is 89.7 Å². The van der Waals surface area contributed by atoms with Crippen LogP contribution in [0.15, 0.2) is 94.2 Å². The molecular weight excluding hydrogens is 448 g/mol. The SMILES string of the molecule is O=C(Cc1cn2ccsc2n1)N/N=C/c1cn(-c2ccccc2)nc1-c1cc2ccccc2o1. The van der Waals surface area contributed by atoms with Gasteiger partial charge in [0.05, 0.1) is 24.0 Å². The van der Waals surface area contributed by atoms with Gasteiger partial charge in [0.2, 0.25) is 5.91 Å². The van der Waals surface area contributed by atoms with Crippen molar-refractivity contribution in [3.8, 4) is 17.1 Å². The molecule has 6 aromatic rings. The molecule has 4 heterocycles. The minimum atomic E-state index is -0.247. The Bertz CT molecular complexity index is 1580. The van der Waals surface area contributed by atoms with Crippen LogP contribution in [0.2, 0.25) is 0 Å². The summed E-state index contributed by atoms with van der Waals surface area (Å²) in [6.45, 7) is 0. The summed E-state index contributed by atoms with van der Waals surface area (Å²) in [6, 6.07) is 19.5. The summed E-state index contributed by atoms with van der Waals surface area (Å²) in [4.78, 5) is 17.7. The third kappa shape index (κ3) is 3.89. The molecule has 0 saturated carbocycles. The number of thiazole rings is 1. The highest BCUT2D eigenvalue weighted by atomic mass is 32.1. The van der Waals surface area contributed by atoms with E-state index >= 15 is 0 Å². The average Bonchev–Trinajstić information content (AvgIpc) is 3.62. The van der Waals surface area contributed by atoms with Crippen molar-refractivity contribution in [1.29, 1.82) is 0 Å². The van der Waals surface area contributed by atoms with Crippen molar-refractivity contribution in [1.82, 2.24) is 24.6 Å². The molecule has 0 aliphatic carbocycles. The largest absolute Gasteiger partial charge is 0.454 e. The summed E-state index contributed by atoms with van der Waals surface area (Å²) in [6.07, 6.45) is 7.34. The Morgan fingerprint density at radius 3 is 2.82 bits per heavy atom. The summed E-state index contributed by atoms with van der Waals surface area (Å²) in [5.74, 6) is 0.379. The zero-order valence-corrected chi connectivity index (χ0v) is 18.6. The minimum Gasteiger partial charge on any atom is -0.454 e. The van der Waals surface area contributed by atoms with Crippen LogP contribution in [0.25, 0.3) is 33.1 Å². The van der Waals surface area contributed by atoms with Crippen molar-refractivity contribution in [3.63, 3.8) is 0 Å². The number of hydrogen-bond donors (Lipinski definition) is 1. The molecule has 0 aliphatic rings. The quantitative estimate of drug-likeness (QED) is 0.285. The van der Waals surface area contributed by atoms with E-state index in [-0.39, 0.29) is 12.3 Å². The monoisotopic (exact) mass is 466 g/mol. The number of hydrogen-bond acceptors (Lipinski definition) is 6. The highest BCUT2D eigenvalue weighted by Gasteiger charge is 2.16. The predicted octanol–water partition coefficient (Wildman–Crippen LogP) is 4.69. The lowest BCUT2D eigenvalue weighted by molar-refractivity contribution is -0.120. The van der Waals surface area contributed by atoms with Crippen LogP contribution in [0.1, 0.15) is 11.3 Å². The molecule has 8 nitrogen and oxygen atoms in total. The van der Waals surface area contributed by atoms with E-state index in [9.17, 15) is 4.79 Å². The number of para-hydroxylation sites is 2. The second kappa shape index (κ2) is 8.45. The predicted molar refractivity (Wildman–Crippen MR) is 131 cm³/mol. The van der Waals surface area contributed by atoms with Gasteiger partial charge in [-0.15, -0.1) is 11.3 Å². The molecule has 34 heavy (non-hydrogen) atoms. The van der Waals surface area contributed by atoms with Crippen molar-refractivity contribution in [2.75, 3.05) is 0 Å². The molecular formula is C25H18N6O2S. The number of fused-ring (bicyclic) bond motifs is 2. The highest BCUT2D eigenvalue weighted by Crippen LogP contribution is 2.29. The van der Waals surface area contributed by atoms with Gasteiger partial charge < -0.3 is 4.42 Å². The van der Waals surface area contributed by atoms with Crippen LogP contribution in [-0.2, 0) is 11.2 Å². The first kappa shape index (κ1) is 20.1. The lowest BCUT2D eigenvalue weighted by Gasteiger charge is -1.98. The van der Waals surface area contributed by atoms with E-state index in [1.54, 1.807) is 10.9 Å². The summed E-state index contributed by atoms with van der Waals surface area (Å²) in [5.41, 5.74) is 6.31. The third-order valence-electron chi connectivity index (χ3n) is 5.30. The maximum absolute atomic E-state index is 12.4. The number of furan rings is 1. The Morgan fingerprint density at radius 1 is 1.12 bits per heavy atom. The summed E-state index contributed by atoms with van der Waals surface area (Å²) < 4.78 is 9.70. The fourth-order valence-corrected chi connectivity index (χ4v) is 4.44. The Balaban J connectivity index is 1.27. The molecule has 0 spiro atoms. The molecule has 1 amide bonds. The van der Waals surface area contributed by atoms with Crippen molar-refractivity contribution in [3.05, 3.63) is 95.9 Å². The van der Waals surface area contributed by atoms with Gasteiger partial charge in [-0.05, 0) is 24.3 Å². The molecule has 0 bridgehead atoms. The first-order chi connectivity index (χ1) is 16.7. The van der Waals surface area contributed by atoms with Crippen molar-refractivity contribution in [2.24, 2.45) is 5.10 Å². The van der Waals surface area contributed by atoms with Gasteiger partial charge in [0.25, 0.3) is 0 Å². The van der Waals surface area contributed by atoms with Gasteiger partial charge in [0, 0.05) is 34.9 Å². The smallest absolute Gasteiger partial charge is 0.246 e. The van der Waals surface area contributed by atoms with Crippen LogP contribution in [0.5, 0.6) is 0 Å². The van der Waals surface area contributed by atoms with E-state index < -0.39 is 0 Å². The standard InChI is InChI=1S/C25H18N6O2S/c32-23(13-19-16-30-10-11-34-25(30)27-19)28-26-14-18-15-31(20-7-2-1-3-8-20)29-24(18)22-12-17-6-4-5-9-21(17)33-22/h1-12,14-16H,13H2,(H,28,32)/b26-14+. The van der Waals surface area contributed by atoms with Crippen molar-refractivity contribution >= 4 is 39.4 Å². The molecule has 0 saturated heterocycles. The first-order valence-corrected chi connectivity index (χ1v) is 11.5. The number of carbonyl (C=O) groups excluding carboxylic acids is 1. The number of aromatic nitrogens is 4. The number of imidazole rings is 1. The molecule has 0 aliphatic heterocycles. The Kier molecular flexibility index (Phi) is 5.00. The molecule has 1 N–H and O–H groups in total. The lowest BCUT2D eigenvalue weighted by Crippen LogP contribution is -2.19. The van der Waals surface area contributed by atoms with E-state index in [1.165, 1.54) is 11.3 Å². The van der Waals surface area contributed by atoms with E-state index in [0.29, 0.717) is 22.7 Å². The van der Waals surface area contributed by atoms with Gasteiger partial charge in [-0.1, -0.05) is 36.4 Å². The summed E-state index contributed by atoms with van der Waals surface area (Å²) in [5, 5.41) is 11.9. The Hall–Kier alpha value is -4.50. The number of benzene rings is 2. The molecule has 6 rings (SSSR count). The van der Waals surface area contributed by atoms with Crippen LogP contribution in [0, 0.1) is 0 Å². The number of hydrazone groups is 1. The van der Waals surface area contributed by atoms with Gasteiger partial charge in [-0.25, -0.2) is 15.1 Å². The first-order valence-electron chi connectivity index (χ1n) is 10.6. The number of rotatable bonds is 6. The van der Waals surface area contributed by atoms with Crippen LogP contribution < -0.4 is 5.43 Å². The van der Waals surface area contributed by atoms with E-state index in [4.69, 9.17) is 9.52 Å². The lowest BCUT2D eigenvalue weighted by atomic mass is 10.2. The molecule has 0 unspecified atom stereocenters. The van der Waals surface area contributed by atoms with Gasteiger partial charge in [-0.3, -0.25) is 9.20 Å². The summed E-state index contributed by atoms with van der Waals surface area (Å²) in [7, 11) is 0. The van der Waals surface area contributed by atoms with Crippen LogP contribution >= 0.6 is 11.3 Å². The maximum atomic E-state index is 12.4. The third-order valence-corrected chi connectivity index (χ3v) is 6.07. The van der Waals surface area contributed by atoms with Gasteiger partial charge in [0.15, 0.2) is 10.7 Å². The van der Waals surface area contributed by atoms with Crippen LogP contribution in [0.4, 0.5) is 0 Å². The van der Waals surface area contributed by atoms with Crippen molar-refractivity contribution in [2.45, 2.75) is 6.42 Å². The molecule has 166 valence electrons. The van der Waals surface area contributed by atoms with E-state index in [2.05, 4.69) is 15.5 Å². The number of carbonyl (C=O) groups is 1. The van der Waals surface area contributed by atoms with E-state index in [0.717, 1.165) is 21.6 Å². The molecule has 4 aromatic heterocycles. The number of nitrogens with one attached hydrogen (secondary N) is 1. The van der Waals surface area contributed by atoms with Gasteiger partial charge in [0.1, 0.15) is 11.3 Å². The van der Waals surface area contributed by atoms with Crippen LogP contribution in [-0.4, -0.2) is 31.3 Å². The maximum Gasteiger partial charge on any atom is 0.246 e. The zero-order valence-electron chi connectivity index (χ0n) is 17.8. The zero-order chi connectivity index (χ0) is 22.9. The number of amides is 1. The summed E-state index contributed by atoms with van der Waals surface area (Å²) >= 11 is 1.52. The van der Waals surface area contributed by atoms with Crippen molar-refractivity contribution < 1.29 is 9.21 Å². The molecule has 9 heteroatoms. The molecule has 0 radical (unpaired) electrons. The fraction of sp³-hybridized carbons (Fsp3) is 0.0400. The van der Waals surface area contributed by atoms with Gasteiger partial charge >= 0.3 is 0 Å². The molecule has 2 aromatic carbocycles. The fourth-order valence-electron chi connectivity index (χ4n) is 3.72. The number of nitrogens with zero attached hydrogens (tertiary/aromatic N) is 5. The Morgan fingerprint density at radius 2 is 1.97 bits per heavy atom. The van der Waals surface area contributed by atoms with Gasteiger partial charge in [-0.2, -0.15) is 10.2 Å². The highest BCUT2D eigenvalue weighted by molar-refractivity contribution is 7.15. The molecule has 0 atom stereocenters. The van der Waals surface area contributed by atoms with E-state index in [1.807, 2.05) is 89.0 Å².